The van der Waals surface area contributed by atoms with Gasteiger partial charge in [-0.3, -0.25) is 4.68 Å². The van der Waals surface area contributed by atoms with Crippen LogP contribution in [0, 0.1) is 0 Å². The van der Waals surface area contributed by atoms with E-state index >= 15 is 0 Å². The second-order valence-electron chi connectivity index (χ2n) is 5.67. The van der Waals surface area contributed by atoms with Crippen LogP contribution in [0.3, 0.4) is 0 Å². The third-order valence-electron chi connectivity index (χ3n) is 3.76. The SMILES string of the molecule is CC(C)c1c(-c2cc(C(=O)O)nn2C)cc2c(c1Cl)OCCO2. The van der Waals surface area contributed by atoms with Crippen molar-refractivity contribution >= 4 is 17.6 Å². The molecule has 7 heteroatoms. The normalized spacial score (nSPS) is 13.4. The maximum atomic E-state index is 11.2. The van der Waals surface area contributed by atoms with E-state index in [1.807, 2.05) is 19.9 Å². The smallest absolute Gasteiger partial charge is 0.356 e. The molecule has 2 heterocycles. The number of ether oxygens (including phenoxy) is 2. The standard InChI is InChI=1S/C16H17ClN2O4/c1-8(2)13-9(11-7-10(16(20)21)18-19(11)3)6-12-15(14(13)17)23-5-4-22-12/h6-8H,4-5H2,1-3H3,(H,20,21). The largest absolute Gasteiger partial charge is 0.486 e. The van der Waals surface area contributed by atoms with Gasteiger partial charge in [0.1, 0.15) is 13.2 Å². The van der Waals surface area contributed by atoms with E-state index in [2.05, 4.69) is 5.10 Å². The van der Waals surface area contributed by atoms with E-state index in [4.69, 9.17) is 26.2 Å². The van der Waals surface area contributed by atoms with Gasteiger partial charge < -0.3 is 14.6 Å². The number of hydrogen-bond donors (Lipinski definition) is 1. The number of carbonyl (C=O) groups is 1. The second kappa shape index (κ2) is 5.77. The Hall–Kier alpha value is -2.21. The number of carboxylic acid groups (broad SMARTS) is 1. The Kier molecular flexibility index (Phi) is 3.93. The van der Waals surface area contributed by atoms with Crippen molar-refractivity contribution in [3.05, 3.63) is 28.4 Å². The first-order valence-electron chi connectivity index (χ1n) is 7.29. The van der Waals surface area contributed by atoms with Gasteiger partial charge in [0, 0.05) is 12.6 Å². The molecule has 1 N–H and O–H groups in total. The van der Waals surface area contributed by atoms with E-state index in [1.165, 1.54) is 10.7 Å². The highest BCUT2D eigenvalue weighted by Crippen LogP contribution is 2.47. The van der Waals surface area contributed by atoms with E-state index in [9.17, 15) is 4.79 Å². The van der Waals surface area contributed by atoms with Gasteiger partial charge in [-0.15, -0.1) is 0 Å². The molecule has 6 nitrogen and oxygen atoms in total. The van der Waals surface area contributed by atoms with Crippen molar-refractivity contribution in [2.75, 3.05) is 13.2 Å². The number of aryl methyl sites for hydroxylation is 1. The molecule has 1 aromatic heterocycles. The number of halogens is 1. The Morgan fingerprint density at radius 1 is 1.35 bits per heavy atom. The van der Waals surface area contributed by atoms with Crippen LogP contribution in [-0.4, -0.2) is 34.1 Å². The molecule has 0 bridgehead atoms. The summed E-state index contributed by atoms with van der Waals surface area (Å²) in [6, 6.07) is 3.38. The Labute approximate surface area is 138 Å². The molecule has 0 spiro atoms. The molecule has 0 radical (unpaired) electrons. The summed E-state index contributed by atoms with van der Waals surface area (Å²) in [7, 11) is 1.70. The van der Waals surface area contributed by atoms with Crippen LogP contribution in [0.4, 0.5) is 0 Å². The van der Waals surface area contributed by atoms with Crippen LogP contribution < -0.4 is 9.47 Å². The van der Waals surface area contributed by atoms with Gasteiger partial charge in [-0.25, -0.2) is 4.79 Å². The highest BCUT2D eigenvalue weighted by Gasteiger charge is 2.26. The molecule has 0 amide bonds. The van der Waals surface area contributed by atoms with E-state index in [-0.39, 0.29) is 11.6 Å². The minimum absolute atomic E-state index is 0.0109. The molecule has 0 saturated carbocycles. The van der Waals surface area contributed by atoms with Crippen molar-refractivity contribution in [2.45, 2.75) is 19.8 Å². The van der Waals surface area contributed by atoms with Crippen molar-refractivity contribution in [1.82, 2.24) is 9.78 Å². The molecule has 0 saturated heterocycles. The lowest BCUT2D eigenvalue weighted by atomic mass is 9.94. The van der Waals surface area contributed by atoms with E-state index in [1.54, 1.807) is 7.05 Å². The van der Waals surface area contributed by atoms with Crippen molar-refractivity contribution < 1.29 is 19.4 Å². The van der Waals surface area contributed by atoms with Crippen LogP contribution in [0.2, 0.25) is 5.02 Å². The molecule has 0 atom stereocenters. The lowest BCUT2D eigenvalue weighted by Gasteiger charge is -2.24. The second-order valence-corrected chi connectivity index (χ2v) is 6.05. The predicted molar refractivity (Wildman–Crippen MR) is 85.7 cm³/mol. The lowest BCUT2D eigenvalue weighted by Crippen LogP contribution is -2.16. The fraction of sp³-hybridized carbons (Fsp3) is 0.375. The van der Waals surface area contributed by atoms with E-state index in [0.717, 1.165) is 11.1 Å². The fourth-order valence-electron chi connectivity index (χ4n) is 2.76. The first-order valence-corrected chi connectivity index (χ1v) is 7.67. The van der Waals surface area contributed by atoms with Gasteiger partial charge in [0.05, 0.1) is 10.7 Å². The monoisotopic (exact) mass is 336 g/mol. The van der Waals surface area contributed by atoms with Crippen LogP contribution in [0.15, 0.2) is 12.1 Å². The lowest BCUT2D eigenvalue weighted by molar-refractivity contribution is 0.0689. The number of aromatic carboxylic acids is 1. The first kappa shape index (κ1) is 15.7. The number of hydrogen-bond acceptors (Lipinski definition) is 4. The molecule has 1 aliphatic heterocycles. The van der Waals surface area contributed by atoms with Gasteiger partial charge >= 0.3 is 5.97 Å². The molecular formula is C16H17ClN2O4. The molecule has 3 rings (SSSR count). The van der Waals surface area contributed by atoms with Crippen molar-refractivity contribution in [3.63, 3.8) is 0 Å². The average molecular weight is 337 g/mol. The first-order chi connectivity index (χ1) is 10.9. The minimum Gasteiger partial charge on any atom is -0.486 e. The van der Waals surface area contributed by atoms with Crippen LogP contribution in [0.1, 0.15) is 35.8 Å². The summed E-state index contributed by atoms with van der Waals surface area (Å²) in [6.45, 7) is 4.96. The maximum absolute atomic E-state index is 11.2. The van der Waals surface area contributed by atoms with Gasteiger partial charge in [0.2, 0.25) is 0 Å². The molecule has 1 aliphatic rings. The Morgan fingerprint density at radius 3 is 2.65 bits per heavy atom. The number of fused-ring (bicyclic) bond motifs is 1. The summed E-state index contributed by atoms with van der Waals surface area (Å²) in [4.78, 5) is 11.2. The Bertz CT molecular complexity index is 783. The highest BCUT2D eigenvalue weighted by atomic mass is 35.5. The zero-order valence-electron chi connectivity index (χ0n) is 13.1. The molecule has 0 aliphatic carbocycles. The molecule has 0 unspecified atom stereocenters. The Balaban J connectivity index is 2.26. The summed E-state index contributed by atoms with van der Waals surface area (Å²) in [5, 5.41) is 13.7. The Morgan fingerprint density at radius 2 is 2.04 bits per heavy atom. The number of nitrogens with zero attached hydrogens (tertiary/aromatic N) is 2. The van der Waals surface area contributed by atoms with E-state index in [0.29, 0.717) is 35.4 Å². The zero-order valence-corrected chi connectivity index (χ0v) is 13.8. The summed E-state index contributed by atoms with van der Waals surface area (Å²) in [5.74, 6) is 0.169. The van der Waals surface area contributed by atoms with Crippen molar-refractivity contribution in [1.29, 1.82) is 0 Å². The summed E-state index contributed by atoms with van der Waals surface area (Å²) in [6.07, 6.45) is 0. The zero-order chi connectivity index (χ0) is 16.7. The molecule has 1 aromatic carbocycles. The number of rotatable bonds is 3. The topological polar surface area (TPSA) is 73.6 Å². The fourth-order valence-corrected chi connectivity index (χ4v) is 3.23. The van der Waals surface area contributed by atoms with Gasteiger partial charge in [-0.05, 0) is 23.6 Å². The quantitative estimate of drug-likeness (QED) is 0.930. The third kappa shape index (κ3) is 2.63. The van der Waals surface area contributed by atoms with Crippen LogP contribution >= 0.6 is 11.6 Å². The molecule has 122 valence electrons. The van der Waals surface area contributed by atoms with Crippen LogP contribution in [0.25, 0.3) is 11.3 Å². The molecule has 0 fully saturated rings. The molecular weight excluding hydrogens is 320 g/mol. The summed E-state index contributed by atoms with van der Waals surface area (Å²) < 4.78 is 12.8. The van der Waals surface area contributed by atoms with Gasteiger partial charge in [0.15, 0.2) is 17.2 Å². The predicted octanol–water partition coefficient (Wildman–Crippen LogP) is 3.33. The molecule has 23 heavy (non-hydrogen) atoms. The number of benzene rings is 1. The number of aromatic nitrogens is 2. The van der Waals surface area contributed by atoms with Gasteiger partial charge in [-0.2, -0.15) is 5.10 Å². The van der Waals surface area contributed by atoms with Gasteiger partial charge in [-0.1, -0.05) is 25.4 Å². The van der Waals surface area contributed by atoms with E-state index < -0.39 is 5.97 Å². The summed E-state index contributed by atoms with van der Waals surface area (Å²) in [5.41, 5.74) is 2.35. The van der Waals surface area contributed by atoms with Crippen LogP contribution in [0.5, 0.6) is 11.5 Å². The van der Waals surface area contributed by atoms with Crippen molar-refractivity contribution in [2.24, 2.45) is 7.05 Å². The van der Waals surface area contributed by atoms with Gasteiger partial charge in [0.25, 0.3) is 0 Å². The van der Waals surface area contributed by atoms with Crippen LogP contribution in [-0.2, 0) is 7.05 Å². The highest BCUT2D eigenvalue weighted by molar-refractivity contribution is 6.33. The maximum Gasteiger partial charge on any atom is 0.356 e. The van der Waals surface area contributed by atoms with Crippen molar-refractivity contribution in [3.8, 4) is 22.8 Å². The molecule has 2 aromatic rings. The minimum atomic E-state index is -1.07. The third-order valence-corrected chi connectivity index (χ3v) is 4.14. The summed E-state index contributed by atoms with van der Waals surface area (Å²) >= 11 is 6.55. The average Bonchev–Trinajstić information content (AvgIpc) is 2.89. The number of carboxylic acids is 1.